The number of nitrogens with one attached hydrogen (secondary N) is 3. The molecule has 0 radical (unpaired) electrons. The molecule has 3 aromatic rings. The Balaban J connectivity index is 1.76. The summed E-state index contributed by atoms with van der Waals surface area (Å²) in [6, 6.07) is 16.1. The Kier molecular flexibility index (Phi) is 5.61. The number of benzene rings is 2. The Morgan fingerprint density at radius 1 is 1.00 bits per heavy atom. The van der Waals surface area contributed by atoms with Crippen LogP contribution in [0.15, 0.2) is 59.4 Å². The van der Waals surface area contributed by atoms with Crippen LogP contribution in [0.3, 0.4) is 0 Å². The van der Waals surface area contributed by atoms with Crippen LogP contribution in [0.2, 0.25) is 0 Å². The van der Waals surface area contributed by atoms with E-state index in [1.165, 1.54) is 0 Å². The number of hydrogen-bond acceptors (Lipinski definition) is 4. The van der Waals surface area contributed by atoms with Crippen LogP contribution in [-0.4, -0.2) is 22.0 Å². The average Bonchev–Trinajstić information content (AvgIpc) is 2.71. The highest BCUT2D eigenvalue weighted by atomic mass is 16.2. The van der Waals surface area contributed by atoms with E-state index in [1.54, 1.807) is 24.3 Å². The van der Waals surface area contributed by atoms with Crippen LogP contribution in [-0.2, 0) is 4.79 Å². The Hall–Kier alpha value is -3.48. The van der Waals surface area contributed by atoms with Gasteiger partial charge in [-0.1, -0.05) is 61.9 Å². The highest BCUT2D eigenvalue weighted by molar-refractivity contribution is 6.05. The van der Waals surface area contributed by atoms with Crippen LogP contribution in [0.25, 0.3) is 10.8 Å². The van der Waals surface area contributed by atoms with Crippen molar-refractivity contribution in [1.29, 1.82) is 0 Å². The molecule has 3 N–H and O–H groups in total. The number of carbonyl (C=O) groups excluding carboxylic acids is 2. The van der Waals surface area contributed by atoms with E-state index in [4.69, 9.17) is 0 Å². The van der Waals surface area contributed by atoms with Gasteiger partial charge in [-0.2, -0.15) is 5.10 Å². The molecule has 0 spiro atoms. The van der Waals surface area contributed by atoms with Gasteiger partial charge in [0.2, 0.25) is 5.91 Å². The summed E-state index contributed by atoms with van der Waals surface area (Å²) < 4.78 is 0. The Morgan fingerprint density at radius 2 is 1.67 bits per heavy atom. The smallest absolute Gasteiger partial charge is 0.273 e. The van der Waals surface area contributed by atoms with Gasteiger partial charge in [-0.3, -0.25) is 25.2 Å². The molecule has 3 rings (SSSR count). The lowest BCUT2D eigenvalue weighted by atomic mass is 9.94. The summed E-state index contributed by atoms with van der Waals surface area (Å²) in [5, 5.41) is 6.90. The van der Waals surface area contributed by atoms with E-state index in [1.807, 2.05) is 37.3 Å². The van der Waals surface area contributed by atoms with E-state index in [0.29, 0.717) is 17.2 Å². The molecule has 0 aliphatic heterocycles. The van der Waals surface area contributed by atoms with Gasteiger partial charge in [0.05, 0.1) is 11.3 Å². The van der Waals surface area contributed by atoms with Crippen LogP contribution in [0.1, 0.15) is 41.7 Å². The molecule has 1 atom stereocenters. The molecule has 0 aliphatic carbocycles. The molecular weight excluding hydrogens is 344 g/mol. The van der Waals surface area contributed by atoms with Crippen molar-refractivity contribution < 1.29 is 9.59 Å². The standard InChI is InChI=1S/C20H20N4O3/c1-2-8-14(13-9-4-3-5-10-13)18(25)23-24-20(27)17-15-11-6-7-12-16(15)19(26)22-21-17/h3-7,9-12,14H,2,8H2,1H3,(H,22,26)(H,23,25)(H,24,27)/t14-/m1/s1. The average molecular weight is 364 g/mol. The van der Waals surface area contributed by atoms with Crippen LogP contribution in [0.4, 0.5) is 0 Å². The first-order valence-corrected chi connectivity index (χ1v) is 8.74. The fraction of sp³-hybridized carbons (Fsp3) is 0.200. The van der Waals surface area contributed by atoms with Crippen molar-refractivity contribution in [1.82, 2.24) is 21.0 Å². The van der Waals surface area contributed by atoms with Crippen LogP contribution >= 0.6 is 0 Å². The summed E-state index contributed by atoms with van der Waals surface area (Å²) in [7, 11) is 0. The molecule has 2 aromatic carbocycles. The third-order valence-electron chi connectivity index (χ3n) is 4.31. The zero-order valence-electron chi connectivity index (χ0n) is 14.9. The van der Waals surface area contributed by atoms with E-state index in [2.05, 4.69) is 21.0 Å². The van der Waals surface area contributed by atoms with Gasteiger partial charge in [-0.15, -0.1) is 0 Å². The van der Waals surface area contributed by atoms with Crippen LogP contribution in [0.5, 0.6) is 0 Å². The summed E-state index contributed by atoms with van der Waals surface area (Å²) in [5.41, 5.74) is 5.42. The Labute approximate surface area is 155 Å². The van der Waals surface area contributed by atoms with Crippen molar-refractivity contribution >= 4 is 22.6 Å². The molecule has 1 aromatic heterocycles. The normalized spacial score (nSPS) is 11.7. The van der Waals surface area contributed by atoms with Gasteiger partial charge in [0.25, 0.3) is 11.5 Å². The summed E-state index contributed by atoms with van der Waals surface area (Å²) >= 11 is 0. The van der Waals surface area contributed by atoms with Gasteiger partial charge in [0.1, 0.15) is 0 Å². The fourth-order valence-electron chi connectivity index (χ4n) is 2.98. The molecule has 0 saturated heterocycles. The minimum atomic E-state index is -0.598. The molecule has 7 heteroatoms. The molecule has 0 fully saturated rings. The van der Waals surface area contributed by atoms with Crippen molar-refractivity contribution in [3.05, 3.63) is 76.2 Å². The molecule has 27 heavy (non-hydrogen) atoms. The summed E-state index contributed by atoms with van der Waals surface area (Å²) in [5.74, 6) is -1.26. The Bertz CT molecular complexity index is 1010. The molecule has 0 unspecified atom stereocenters. The largest absolute Gasteiger partial charge is 0.290 e. The van der Waals surface area contributed by atoms with Gasteiger partial charge in [-0.05, 0) is 18.1 Å². The quantitative estimate of drug-likeness (QED) is 0.604. The fourth-order valence-corrected chi connectivity index (χ4v) is 2.98. The third kappa shape index (κ3) is 4.03. The lowest BCUT2D eigenvalue weighted by molar-refractivity contribution is -0.123. The molecule has 2 amide bonds. The topological polar surface area (TPSA) is 104 Å². The number of amides is 2. The Morgan fingerprint density at radius 3 is 2.37 bits per heavy atom. The van der Waals surface area contributed by atoms with Gasteiger partial charge in [0.15, 0.2) is 5.69 Å². The van der Waals surface area contributed by atoms with E-state index < -0.39 is 5.91 Å². The zero-order valence-corrected chi connectivity index (χ0v) is 14.9. The number of carbonyl (C=O) groups is 2. The van der Waals surface area contributed by atoms with Gasteiger partial charge >= 0.3 is 0 Å². The second-order valence-electron chi connectivity index (χ2n) is 6.14. The van der Waals surface area contributed by atoms with Crippen molar-refractivity contribution in [2.24, 2.45) is 0 Å². The number of rotatable bonds is 5. The lowest BCUT2D eigenvalue weighted by Gasteiger charge is -2.17. The molecule has 7 nitrogen and oxygen atoms in total. The molecule has 0 saturated carbocycles. The number of H-pyrrole nitrogens is 1. The van der Waals surface area contributed by atoms with Gasteiger partial charge < -0.3 is 0 Å². The maximum atomic E-state index is 12.6. The SMILES string of the molecule is CCC[C@@H](C(=O)NNC(=O)c1n[nH]c(=O)c2ccccc12)c1ccccc1. The minimum absolute atomic E-state index is 0.0391. The second kappa shape index (κ2) is 8.27. The number of aromatic amines is 1. The first kappa shape index (κ1) is 18.3. The molecular formula is C20H20N4O3. The van der Waals surface area contributed by atoms with Gasteiger partial charge in [-0.25, -0.2) is 5.10 Å². The molecule has 138 valence electrons. The van der Waals surface area contributed by atoms with E-state index in [-0.39, 0.29) is 23.1 Å². The lowest BCUT2D eigenvalue weighted by Crippen LogP contribution is -2.44. The predicted octanol–water partition coefficient (Wildman–Crippen LogP) is 2.27. The predicted molar refractivity (Wildman–Crippen MR) is 102 cm³/mol. The first-order valence-electron chi connectivity index (χ1n) is 8.74. The zero-order chi connectivity index (χ0) is 19.2. The van der Waals surface area contributed by atoms with E-state index >= 15 is 0 Å². The first-order chi connectivity index (χ1) is 13.1. The highest BCUT2D eigenvalue weighted by Crippen LogP contribution is 2.21. The van der Waals surface area contributed by atoms with Crippen molar-refractivity contribution in [3.8, 4) is 0 Å². The monoisotopic (exact) mass is 364 g/mol. The minimum Gasteiger partial charge on any atom is -0.273 e. The maximum Gasteiger partial charge on any atom is 0.290 e. The van der Waals surface area contributed by atoms with Crippen LogP contribution < -0.4 is 16.4 Å². The maximum absolute atomic E-state index is 12.6. The van der Waals surface area contributed by atoms with E-state index in [9.17, 15) is 14.4 Å². The number of fused-ring (bicyclic) bond motifs is 1. The number of hydrazine groups is 1. The van der Waals surface area contributed by atoms with E-state index in [0.717, 1.165) is 12.0 Å². The summed E-state index contributed by atoms with van der Waals surface area (Å²) in [6.45, 7) is 2.00. The van der Waals surface area contributed by atoms with Gasteiger partial charge in [0, 0.05) is 5.39 Å². The molecule has 0 aliphatic rings. The third-order valence-corrected chi connectivity index (χ3v) is 4.31. The highest BCUT2D eigenvalue weighted by Gasteiger charge is 2.21. The number of aromatic nitrogens is 2. The molecule has 0 bridgehead atoms. The summed E-state index contributed by atoms with van der Waals surface area (Å²) in [4.78, 5) is 36.9. The van der Waals surface area contributed by atoms with Crippen LogP contribution in [0, 0.1) is 0 Å². The van der Waals surface area contributed by atoms with Crippen molar-refractivity contribution in [2.45, 2.75) is 25.7 Å². The summed E-state index contributed by atoms with van der Waals surface area (Å²) in [6.07, 6.45) is 1.48. The number of nitrogens with zero attached hydrogens (tertiary/aromatic N) is 1. The van der Waals surface area contributed by atoms with Crippen molar-refractivity contribution in [2.75, 3.05) is 0 Å². The number of hydrogen-bond donors (Lipinski definition) is 3. The second-order valence-corrected chi connectivity index (χ2v) is 6.14. The molecule has 1 heterocycles. The van der Waals surface area contributed by atoms with Crippen molar-refractivity contribution in [3.63, 3.8) is 0 Å².